The molecule has 2 saturated heterocycles. The maximum absolute atomic E-state index is 13.3. The van der Waals surface area contributed by atoms with Crippen molar-refractivity contribution in [2.24, 2.45) is 0 Å². The predicted octanol–water partition coefficient (Wildman–Crippen LogP) is 2.01. The van der Waals surface area contributed by atoms with Gasteiger partial charge in [-0.15, -0.1) is 0 Å². The van der Waals surface area contributed by atoms with Gasteiger partial charge in [0.15, 0.2) is 0 Å². The number of carbonyl (C=O) groups excluding carboxylic acids is 2. The van der Waals surface area contributed by atoms with Crippen LogP contribution in [0.25, 0.3) is 0 Å². The van der Waals surface area contributed by atoms with Gasteiger partial charge in [-0.2, -0.15) is 0 Å². The molecule has 3 N–H and O–H groups in total. The normalized spacial score (nSPS) is 20.4. The molecular weight excluding hydrogens is 465 g/mol. The molecule has 0 saturated carbocycles. The highest BCUT2D eigenvalue weighted by atomic mass is 16.7. The summed E-state index contributed by atoms with van der Waals surface area (Å²) in [6.07, 6.45) is 0.454. The second-order valence-corrected chi connectivity index (χ2v) is 10.3. The van der Waals surface area contributed by atoms with E-state index in [1.165, 1.54) is 5.56 Å². The van der Waals surface area contributed by atoms with Gasteiger partial charge in [0.2, 0.25) is 11.8 Å². The van der Waals surface area contributed by atoms with Gasteiger partial charge in [-0.25, -0.2) is 4.79 Å². The minimum absolute atomic E-state index is 0.280. The fraction of sp³-hybridized carbons (Fsp3) is 0.640. The van der Waals surface area contributed by atoms with Crippen LogP contribution in [-0.2, 0) is 30.1 Å². The van der Waals surface area contributed by atoms with Crippen LogP contribution < -0.4 is 10.6 Å². The molecule has 2 atom stereocenters. The molecule has 11 heteroatoms. The van der Waals surface area contributed by atoms with E-state index in [1.807, 2.05) is 58.0 Å². The Kier molecular flexibility index (Phi) is 9.38. The SMILES string of the molecule is CC1(C)OB([C@H](CCCc2ccccc2)NC(=O)[C@@H](CC(=O)N2CCOCC2)NC(=O)O)OC1(C)C. The highest BCUT2D eigenvalue weighted by Crippen LogP contribution is 2.38. The molecule has 2 aliphatic rings. The van der Waals surface area contributed by atoms with Gasteiger partial charge in [0.1, 0.15) is 6.04 Å². The van der Waals surface area contributed by atoms with E-state index in [2.05, 4.69) is 10.6 Å². The van der Waals surface area contributed by atoms with Crippen molar-refractivity contribution in [1.82, 2.24) is 15.5 Å². The van der Waals surface area contributed by atoms with Gasteiger partial charge in [-0.05, 0) is 52.5 Å². The van der Waals surface area contributed by atoms with Gasteiger partial charge < -0.3 is 34.7 Å². The summed E-state index contributed by atoms with van der Waals surface area (Å²) in [4.78, 5) is 39.0. The number of ether oxygens (including phenoxy) is 1. The van der Waals surface area contributed by atoms with Crippen molar-refractivity contribution in [3.8, 4) is 0 Å². The van der Waals surface area contributed by atoms with Gasteiger partial charge in [0.25, 0.3) is 0 Å². The Morgan fingerprint density at radius 3 is 2.22 bits per heavy atom. The molecule has 0 aliphatic carbocycles. The molecule has 36 heavy (non-hydrogen) atoms. The summed E-state index contributed by atoms with van der Waals surface area (Å²) in [5.41, 5.74) is -0.00562. The molecule has 3 rings (SSSR count). The molecule has 1 aromatic rings. The zero-order valence-corrected chi connectivity index (χ0v) is 21.6. The summed E-state index contributed by atoms with van der Waals surface area (Å²) in [6, 6.07) is 8.79. The fourth-order valence-electron chi connectivity index (χ4n) is 4.26. The van der Waals surface area contributed by atoms with E-state index < -0.39 is 42.3 Å². The summed E-state index contributed by atoms with van der Waals surface area (Å²) in [5.74, 6) is -1.42. The lowest BCUT2D eigenvalue weighted by molar-refractivity contribution is -0.138. The Morgan fingerprint density at radius 1 is 1.03 bits per heavy atom. The number of amides is 3. The third-order valence-electron chi connectivity index (χ3n) is 7.11. The zero-order valence-electron chi connectivity index (χ0n) is 21.6. The van der Waals surface area contributed by atoms with Crippen molar-refractivity contribution in [3.05, 3.63) is 35.9 Å². The number of nitrogens with one attached hydrogen (secondary N) is 2. The van der Waals surface area contributed by atoms with Crippen molar-refractivity contribution in [2.75, 3.05) is 26.3 Å². The summed E-state index contributed by atoms with van der Waals surface area (Å²) in [5, 5.41) is 14.4. The molecule has 1 aromatic carbocycles. The van der Waals surface area contributed by atoms with Crippen LogP contribution in [0.1, 0.15) is 52.5 Å². The second kappa shape index (κ2) is 12.1. The number of rotatable bonds is 10. The quantitative estimate of drug-likeness (QED) is 0.417. The first-order valence-corrected chi connectivity index (χ1v) is 12.5. The largest absolute Gasteiger partial charge is 0.481 e. The number of hydrogen-bond acceptors (Lipinski definition) is 6. The van der Waals surface area contributed by atoms with Crippen molar-refractivity contribution in [3.63, 3.8) is 0 Å². The summed E-state index contributed by atoms with van der Waals surface area (Å²) >= 11 is 0. The Labute approximate surface area is 213 Å². The lowest BCUT2D eigenvalue weighted by atomic mass is 9.75. The monoisotopic (exact) mass is 503 g/mol. The number of aryl methyl sites for hydroxylation is 1. The van der Waals surface area contributed by atoms with E-state index in [9.17, 15) is 19.5 Å². The van der Waals surface area contributed by atoms with Gasteiger partial charge in [0, 0.05) is 13.1 Å². The number of nitrogens with zero attached hydrogens (tertiary/aromatic N) is 1. The van der Waals surface area contributed by atoms with Gasteiger partial charge in [0.05, 0.1) is 36.8 Å². The van der Waals surface area contributed by atoms with Crippen LogP contribution in [0.4, 0.5) is 4.79 Å². The Bertz CT molecular complexity index is 890. The molecule has 2 fully saturated rings. The van der Waals surface area contributed by atoms with E-state index in [1.54, 1.807) is 4.90 Å². The fourth-order valence-corrected chi connectivity index (χ4v) is 4.26. The highest BCUT2D eigenvalue weighted by Gasteiger charge is 2.54. The average molecular weight is 503 g/mol. The van der Waals surface area contributed by atoms with Crippen molar-refractivity contribution in [2.45, 2.75) is 76.6 Å². The van der Waals surface area contributed by atoms with E-state index in [-0.39, 0.29) is 12.3 Å². The highest BCUT2D eigenvalue weighted by molar-refractivity contribution is 6.48. The third kappa shape index (κ3) is 7.44. The molecule has 0 spiro atoms. The van der Waals surface area contributed by atoms with Crippen molar-refractivity contribution in [1.29, 1.82) is 0 Å². The maximum Gasteiger partial charge on any atom is 0.481 e. The van der Waals surface area contributed by atoms with Crippen LogP contribution in [0.15, 0.2) is 30.3 Å². The van der Waals surface area contributed by atoms with Crippen LogP contribution in [0.5, 0.6) is 0 Å². The van der Waals surface area contributed by atoms with Gasteiger partial charge >= 0.3 is 13.2 Å². The van der Waals surface area contributed by atoms with Gasteiger partial charge in [-0.3, -0.25) is 9.59 Å². The number of hydrogen-bond donors (Lipinski definition) is 3. The molecule has 198 valence electrons. The Hall–Kier alpha value is -2.63. The van der Waals surface area contributed by atoms with E-state index in [4.69, 9.17) is 14.0 Å². The maximum atomic E-state index is 13.3. The van der Waals surface area contributed by atoms with Crippen LogP contribution in [0.3, 0.4) is 0 Å². The van der Waals surface area contributed by atoms with Crippen LogP contribution in [-0.4, -0.2) is 84.5 Å². The Balaban J connectivity index is 1.70. The minimum Gasteiger partial charge on any atom is -0.465 e. The molecule has 0 radical (unpaired) electrons. The second-order valence-electron chi connectivity index (χ2n) is 10.3. The van der Waals surface area contributed by atoms with Crippen LogP contribution in [0, 0.1) is 0 Å². The number of morpholine rings is 1. The molecule has 2 aliphatic heterocycles. The minimum atomic E-state index is -1.37. The topological polar surface area (TPSA) is 126 Å². The molecule has 0 bridgehead atoms. The van der Waals surface area contributed by atoms with Crippen molar-refractivity contribution >= 4 is 25.0 Å². The molecule has 10 nitrogen and oxygen atoms in total. The third-order valence-corrected chi connectivity index (χ3v) is 7.11. The van der Waals surface area contributed by atoms with E-state index in [0.29, 0.717) is 32.7 Å². The number of carboxylic acid groups (broad SMARTS) is 1. The zero-order chi connectivity index (χ0) is 26.3. The lowest BCUT2D eigenvalue weighted by Crippen LogP contribution is -2.56. The molecule has 0 unspecified atom stereocenters. The smallest absolute Gasteiger partial charge is 0.465 e. The number of carbonyl (C=O) groups is 3. The average Bonchev–Trinajstić information content (AvgIpc) is 3.05. The molecule has 0 aromatic heterocycles. The first-order valence-electron chi connectivity index (χ1n) is 12.5. The first kappa shape index (κ1) is 28.0. The summed E-state index contributed by atoms with van der Waals surface area (Å²) in [6.45, 7) is 9.40. The van der Waals surface area contributed by atoms with E-state index in [0.717, 1.165) is 12.8 Å². The standard InChI is InChI=1S/C25H38BN3O7/c1-24(2)25(3,4)36-26(35-24)20(12-8-11-18-9-6-5-7-10-18)28-22(31)19(27-23(32)33)17-21(30)29-13-15-34-16-14-29/h5-7,9-10,19-20,27H,8,11-17H2,1-4H3,(H,28,31)(H,32,33)/t19-,20+/m1/s1. The molecular formula is C25H38BN3O7. The lowest BCUT2D eigenvalue weighted by Gasteiger charge is -2.32. The number of benzene rings is 1. The van der Waals surface area contributed by atoms with Crippen LogP contribution >= 0.6 is 0 Å². The summed E-state index contributed by atoms with van der Waals surface area (Å²) in [7, 11) is -0.713. The van der Waals surface area contributed by atoms with Crippen molar-refractivity contribution < 1.29 is 33.5 Å². The summed E-state index contributed by atoms with van der Waals surface area (Å²) < 4.78 is 17.7. The molecule has 3 amide bonds. The predicted molar refractivity (Wildman–Crippen MR) is 134 cm³/mol. The Morgan fingerprint density at radius 2 is 1.64 bits per heavy atom. The van der Waals surface area contributed by atoms with Gasteiger partial charge in [-0.1, -0.05) is 30.3 Å². The van der Waals surface area contributed by atoms with E-state index >= 15 is 0 Å². The molecule has 2 heterocycles. The first-order chi connectivity index (χ1) is 17.0. The van der Waals surface area contributed by atoms with Crippen LogP contribution in [0.2, 0.25) is 0 Å².